The van der Waals surface area contributed by atoms with Crippen LogP contribution < -0.4 is 5.32 Å². The summed E-state index contributed by atoms with van der Waals surface area (Å²) in [5.41, 5.74) is 0.257. The minimum Gasteiger partial charge on any atom is -0.353 e. The summed E-state index contributed by atoms with van der Waals surface area (Å²) in [4.78, 5) is 41.8. The molecule has 1 aromatic carbocycles. The van der Waals surface area contributed by atoms with Crippen LogP contribution in [0.5, 0.6) is 0 Å². The normalized spacial score (nSPS) is 17.7. The number of nitrogens with zero attached hydrogens (tertiary/aromatic N) is 2. The third kappa shape index (κ3) is 5.61. The molecule has 1 aliphatic carbocycles. The molecule has 1 aromatic heterocycles. The second kappa shape index (κ2) is 9.76. The van der Waals surface area contributed by atoms with E-state index in [9.17, 15) is 18.8 Å². The Balaban J connectivity index is 1.28. The second-order valence-corrected chi connectivity index (χ2v) is 9.45. The Morgan fingerprint density at radius 3 is 2.74 bits per heavy atom. The van der Waals surface area contributed by atoms with Crippen molar-refractivity contribution in [2.45, 2.75) is 25.4 Å². The SMILES string of the molecule is O=C(CN(Cc1cccs1)C1CC1)NCCN1C(=O)SC(=Cc2ccccc2F)C1=O. The van der Waals surface area contributed by atoms with Gasteiger partial charge in [0, 0.05) is 36.1 Å². The van der Waals surface area contributed by atoms with E-state index >= 15 is 0 Å². The van der Waals surface area contributed by atoms with Crippen molar-refractivity contribution in [1.82, 2.24) is 15.1 Å². The number of amides is 3. The van der Waals surface area contributed by atoms with Gasteiger partial charge in [-0.2, -0.15) is 0 Å². The molecule has 2 heterocycles. The van der Waals surface area contributed by atoms with E-state index in [-0.39, 0.29) is 36.0 Å². The van der Waals surface area contributed by atoms with Gasteiger partial charge in [0.2, 0.25) is 5.91 Å². The summed E-state index contributed by atoms with van der Waals surface area (Å²) in [5, 5.41) is 4.41. The van der Waals surface area contributed by atoms with Crippen LogP contribution in [0.25, 0.3) is 6.08 Å². The lowest BCUT2D eigenvalue weighted by Crippen LogP contribution is -2.42. The lowest BCUT2D eigenvalue weighted by Gasteiger charge is -2.21. The molecule has 2 aliphatic rings. The number of hydrogen-bond donors (Lipinski definition) is 1. The van der Waals surface area contributed by atoms with Gasteiger partial charge in [0.05, 0.1) is 11.4 Å². The van der Waals surface area contributed by atoms with Crippen LogP contribution in [0.3, 0.4) is 0 Å². The molecular formula is C22H22FN3O3S2. The molecule has 1 aliphatic heterocycles. The highest BCUT2D eigenvalue weighted by atomic mass is 32.2. The van der Waals surface area contributed by atoms with Gasteiger partial charge >= 0.3 is 0 Å². The van der Waals surface area contributed by atoms with Gasteiger partial charge in [0.15, 0.2) is 0 Å². The van der Waals surface area contributed by atoms with E-state index in [1.807, 2.05) is 11.4 Å². The van der Waals surface area contributed by atoms with Crippen LogP contribution in [-0.4, -0.2) is 52.5 Å². The Morgan fingerprint density at radius 1 is 1.23 bits per heavy atom. The van der Waals surface area contributed by atoms with Crippen LogP contribution in [0.2, 0.25) is 0 Å². The van der Waals surface area contributed by atoms with E-state index < -0.39 is 17.0 Å². The molecule has 0 spiro atoms. The topological polar surface area (TPSA) is 69.7 Å². The van der Waals surface area contributed by atoms with Crippen molar-refractivity contribution >= 4 is 46.2 Å². The number of carbonyl (C=O) groups excluding carboxylic acids is 3. The summed E-state index contributed by atoms with van der Waals surface area (Å²) in [6.45, 7) is 1.30. The number of nitrogens with one attached hydrogen (secondary N) is 1. The molecule has 1 saturated heterocycles. The lowest BCUT2D eigenvalue weighted by molar-refractivity contribution is -0.125. The predicted octanol–water partition coefficient (Wildman–Crippen LogP) is 3.70. The summed E-state index contributed by atoms with van der Waals surface area (Å²) in [7, 11) is 0. The van der Waals surface area contributed by atoms with Crippen LogP contribution in [0, 0.1) is 5.82 Å². The molecule has 1 N–H and O–H groups in total. The molecule has 9 heteroatoms. The van der Waals surface area contributed by atoms with Crippen molar-refractivity contribution < 1.29 is 18.8 Å². The average molecular weight is 460 g/mol. The van der Waals surface area contributed by atoms with Crippen LogP contribution in [0.1, 0.15) is 23.3 Å². The Labute approximate surface area is 188 Å². The average Bonchev–Trinajstić information content (AvgIpc) is 3.41. The van der Waals surface area contributed by atoms with Crippen molar-refractivity contribution in [2.24, 2.45) is 0 Å². The zero-order valence-electron chi connectivity index (χ0n) is 16.8. The number of hydrogen-bond acceptors (Lipinski definition) is 6. The Hall–Kier alpha value is -2.49. The molecule has 162 valence electrons. The molecule has 4 rings (SSSR count). The molecule has 2 aromatic rings. The van der Waals surface area contributed by atoms with Gasteiger partial charge in [-0.3, -0.25) is 24.2 Å². The largest absolute Gasteiger partial charge is 0.353 e. The van der Waals surface area contributed by atoms with Crippen LogP contribution >= 0.6 is 23.1 Å². The number of thiophene rings is 1. The molecule has 3 amide bonds. The molecular weight excluding hydrogens is 437 g/mol. The van der Waals surface area contributed by atoms with Crippen LogP contribution in [-0.2, 0) is 16.1 Å². The molecule has 0 unspecified atom stereocenters. The maximum Gasteiger partial charge on any atom is 0.293 e. The van der Waals surface area contributed by atoms with Crippen molar-refractivity contribution in [3.05, 3.63) is 62.9 Å². The quantitative estimate of drug-likeness (QED) is 0.579. The van der Waals surface area contributed by atoms with E-state index in [4.69, 9.17) is 0 Å². The number of halogens is 1. The summed E-state index contributed by atoms with van der Waals surface area (Å²) in [5.74, 6) is -1.05. The molecule has 1 saturated carbocycles. The highest BCUT2D eigenvalue weighted by Crippen LogP contribution is 2.32. The fourth-order valence-corrected chi connectivity index (χ4v) is 4.92. The summed E-state index contributed by atoms with van der Waals surface area (Å²) >= 11 is 2.46. The number of rotatable bonds is 9. The number of imide groups is 1. The highest BCUT2D eigenvalue weighted by Gasteiger charge is 2.35. The standard InChI is InChI=1S/C22H22FN3O3S2/c23-18-6-2-1-4-15(18)12-19-21(28)26(22(29)31-19)10-9-24-20(27)14-25(16-7-8-16)13-17-5-3-11-30-17/h1-6,11-12,16H,7-10,13-14H2,(H,24,27). The third-order valence-electron chi connectivity index (χ3n) is 5.07. The molecule has 0 atom stereocenters. The van der Waals surface area contributed by atoms with Gasteiger partial charge in [0.25, 0.3) is 11.1 Å². The molecule has 0 radical (unpaired) electrons. The first kappa shape index (κ1) is 21.7. The zero-order chi connectivity index (χ0) is 21.8. The number of benzene rings is 1. The van der Waals surface area contributed by atoms with Crippen molar-refractivity contribution in [3.8, 4) is 0 Å². The molecule has 31 heavy (non-hydrogen) atoms. The van der Waals surface area contributed by atoms with Gasteiger partial charge in [-0.25, -0.2) is 4.39 Å². The van der Waals surface area contributed by atoms with E-state index in [1.54, 1.807) is 29.5 Å². The zero-order valence-corrected chi connectivity index (χ0v) is 18.4. The van der Waals surface area contributed by atoms with Crippen LogP contribution in [0.4, 0.5) is 9.18 Å². The Morgan fingerprint density at radius 2 is 2.03 bits per heavy atom. The van der Waals surface area contributed by atoms with Gasteiger partial charge < -0.3 is 5.32 Å². The maximum atomic E-state index is 13.8. The van der Waals surface area contributed by atoms with Gasteiger partial charge in [-0.05, 0) is 48.2 Å². The van der Waals surface area contributed by atoms with Crippen molar-refractivity contribution in [1.29, 1.82) is 0 Å². The smallest absolute Gasteiger partial charge is 0.293 e. The predicted molar refractivity (Wildman–Crippen MR) is 120 cm³/mol. The first-order chi connectivity index (χ1) is 15.0. The highest BCUT2D eigenvalue weighted by molar-refractivity contribution is 8.18. The van der Waals surface area contributed by atoms with E-state index in [2.05, 4.69) is 16.3 Å². The first-order valence-corrected chi connectivity index (χ1v) is 11.7. The first-order valence-electron chi connectivity index (χ1n) is 10.0. The minimum atomic E-state index is -0.468. The van der Waals surface area contributed by atoms with Gasteiger partial charge in [-0.1, -0.05) is 24.3 Å². The van der Waals surface area contributed by atoms with Crippen LogP contribution in [0.15, 0.2) is 46.7 Å². The number of thioether (sulfide) groups is 1. The summed E-state index contributed by atoms with van der Waals surface area (Å²) < 4.78 is 13.8. The molecule has 0 bridgehead atoms. The van der Waals surface area contributed by atoms with E-state index in [1.165, 1.54) is 17.0 Å². The summed E-state index contributed by atoms with van der Waals surface area (Å²) in [6.07, 6.45) is 3.59. The minimum absolute atomic E-state index is 0.0827. The van der Waals surface area contributed by atoms with Gasteiger partial charge in [-0.15, -0.1) is 11.3 Å². The fourth-order valence-electron chi connectivity index (χ4n) is 3.33. The van der Waals surface area contributed by atoms with Crippen molar-refractivity contribution in [3.63, 3.8) is 0 Å². The second-order valence-electron chi connectivity index (χ2n) is 7.42. The third-order valence-corrected chi connectivity index (χ3v) is 6.84. The Bertz CT molecular complexity index is 1010. The van der Waals surface area contributed by atoms with E-state index in [0.29, 0.717) is 6.04 Å². The Kier molecular flexibility index (Phi) is 6.84. The molecule has 6 nitrogen and oxygen atoms in total. The monoisotopic (exact) mass is 459 g/mol. The maximum absolute atomic E-state index is 13.8. The van der Waals surface area contributed by atoms with Crippen molar-refractivity contribution in [2.75, 3.05) is 19.6 Å². The lowest BCUT2D eigenvalue weighted by atomic mass is 10.2. The van der Waals surface area contributed by atoms with E-state index in [0.717, 1.165) is 36.0 Å². The van der Waals surface area contributed by atoms with Gasteiger partial charge in [0.1, 0.15) is 5.82 Å². The fraction of sp³-hybridized carbons (Fsp3) is 0.318. The summed E-state index contributed by atoms with van der Waals surface area (Å²) in [6, 6.07) is 10.6. The molecule has 2 fully saturated rings. The number of carbonyl (C=O) groups is 3.